The number of halogens is 2. The topological polar surface area (TPSA) is 72.3 Å². The van der Waals surface area contributed by atoms with Crippen LogP contribution in [0.2, 0.25) is 10.0 Å². The third kappa shape index (κ3) is 4.85. The van der Waals surface area contributed by atoms with E-state index < -0.39 is 9.84 Å². The molecule has 1 aromatic heterocycles. The van der Waals surface area contributed by atoms with Gasteiger partial charge in [0.25, 0.3) is 0 Å². The molecule has 2 heterocycles. The normalized spacial score (nSPS) is 18.4. The van der Waals surface area contributed by atoms with Gasteiger partial charge in [-0.25, -0.2) is 8.42 Å². The number of hydrogen-bond donors (Lipinski definition) is 0. The summed E-state index contributed by atoms with van der Waals surface area (Å²) in [6.45, 7) is 4.21. The fourth-order valence-electron chi connectivity index (χ4n) is 3.47. The number of rotatable bonds is 5. The van der Waals surface area contributed by atoms with Gasteiger partial charge in [0.2, 0.25) is 5.91 Å². The van der Waals surface area contributed by atoms with Crippen LogP contribution >= 0.6 is 23.2 Å². The average Bonchev–Trinajstić information content (AvgIpc) is 3.14. The zero-order chi connectivity index (χ0) is 21.3. The predicted molar refractivity (Wildman–Crippen MR) is 116 cm³/mol. The molecule has 1 aromatic carbocycles. The number of aryl methyl sites for hydroxylation is 1. The van der Waals surface area contributed by atoms with E-state index in [4.69, 9.17) is 23.2 Å². The monoisotopic (exact) mass is 455 g/mol. The Labute approximate surface area is 181 Å². The van der Waals surface area contributed by atoms with Crippen molar-refractivity contribution in [3.8, 4) is 0 Å². The van der Waals surface area contributed by atoms with Crippen molar-refractivity contribution in [1.29, 1.82) is 0 Å². The fourth-order valence-corrected chi connectivity index (χ4v) is 5.76. The third-order valence-electron chi connectivity index (χ3n) is 5.30. The first-order valence-electron chi connectivity index (χ1n) is 9.21. The molecule has 1 aliphatic rings. The van der Waals surface area contributed by atoms with Crippen LogP contribution in [0, 0.1) is 13.8 Å². The van der Waals surface area contributed by atoms with Crippen LogP contribution in [-0.2, 0) is 21.2 Å². The van der Waals surface area contributed by atoms with Gasteiger partial charge in [0.1, 0.15) is 0 Å². The van der Waals surface area contributed by atoms with Gasteiger partial charge in [0.15, 0.2) is 9.84 Å². The molecule has 9 heteroatoms. The Morgan fingerprint density at radius 3 is 2.55 bits per heavy atom. The molecule has 1 amide bonds. The van der Waals surface area contributed by atoms with Crippen molar-refractivity contribution < 1.29 is 13.2 Å². The summed E-state index contributed by atoms with van der Waals surface area (Å²) >= 11 is 12.5. The van der Waals surface area contributed by atoms with Crippen molar-refractivity contribution in [2.45, 2.75) is 32.9 Å². The molecule has 0 spiro atoms. The van der Waals surface area contributed by atoms with Crippen LogP contribution in [0.15, 0.2) is 24.3 Å². The molecule has 0 bridgehead atoms. The highest BCUT2D eigenvalue weighted by atomic mass is 35.5. The van der Waals surface area contributed by atoms with Crippen LogP contribution in [0.5, 0.6) is 0 Å². The number of aromatic nitrogens is 2. The zero-order valence-electron chi connectivity index (χ0n) is 16.5. The molecule has 0 unspecified atom stereocenters. The molecule has 0 saturated carbocycles. The summed E-state index contributed by atoms with van der Waals surface area (Å²) in [6, 6.07) is 5.09. The van der Waals surface area contributed by atoms with E-state index in [9.17, 15) is 13.2 Å². The molecule has 3 rings (SSSR count). The van der Waals surface area contributed by atoms with Crippen LogP contribution < -0.4 is 0 Å². The molecule has 1 atom stereocenters. The van der Waals surface area contributed by atoms with Crippen LogP contribution in [-0.4, -0.2) is 53.6 Å². The first kappa shape index (κ1) is 21.9. The average molecular weight is 456 g/mol. The van der Waals surface area contributed by atoms with Gasteiger partial charge in [0.05, 0.1) is 23.7 Å². The minimum atomic E-state index is -3.04. The highest BCUT2D eigenvalue weighted by molar-refractivity contribution is 7.91. The molecule has 2 aromatic rings. The molecule has 29 heavy (non-hydrogen) atoms. The van der Waals surface area contributed by atoms with Crippen molar-refractivity contribution in [3.63, 3.8) is 0 Å². The van der Waals surface area contributed by atoms with Crippen LogP contribution in [0.1, 0.15) is 28.9 Å². The molecule has 6 nitrogen and oxygen atoms in total. The van der Waals surface area contributed by atoms with E-state index in [1.165, 1.54) is 11.0 Å². The molecule has 0 aliphatic carbocycles. The van der Waals surface area contributed by atoms with Crippen LogP contribution in [0.4, 0.5) is 0 Å². The SMILES string of the molecule is Cc1nn(Cc2c(Cl)cccc2Cl)c(C)c1/C=C/C(=O)N(C)[C@H]1CCS(=O)(=O)C1. The van der Waals surface area contributed by atoms with E-state index >= 15 is 0 Å². The van der Waals surface area contributed by atoms with E-state index in [1.54, 1.807) is 36.0 Å². The molecule has 1 aliphatic heterocycles. The first-order valence-corrected chi connectivity index (χ1v) is 11.8. The van der Waals surface area contributed by atoms with Gasteiger partial charge in [-0.1, -0.05) is 29.3 Å². The Kier molecular flexibility index (Phi) is 6.41. The number of nitrogens with zero attached hydrogens (tertiary/aromatic N) is 3. The maximum atomic E-state index is 12.5. The van der Waals surface area contributed by atoms with Gasteiger partial charge in [-0.15, -0.1) is 0 Å². The largest absolute Gasteiger partial charge is 0.338 e. The lowest BCUT2D eigenvalue weighted by Crippen LogP contribution is -2.36. The summed E-state index contributed by atoms with van der Waals surface area (Å²) in [5.41, 5.74) is 3.29. The second kappa shape index (κ2) is 8.50. The van der Waals surface area contributed by atoms with E-state index in [-0.39, 0.29) is 23.5 Å². The third-order valence-corrected chi connectivity index (χ3v) is 7.76. The summed E-state index contributed by atoms with van der Waals surface area (Å²) < 4.78 is 25.1. The smallest absolute Gasteiger partial charge is 0.246 e. The Balaban J connectivity index is 1.77. The van der Waals surface area contributed by atoms with Crippen LogP contribution in [0.3, 0.4) is 0 Å². The highest BCUT2D eigenvalue weighted by Crippen LogP contribution is 2.26. The molecular weight excluding hydrogens is 433 g/mol. The second-order valence-electron chi connectivity index (χ2n) is 7.28. The van der Waals surface area contributed by atoms with Crippen molar-refractivity contribution in [2.75, 3.05) is 18.6 Å². The number of amides is 1. The van der Waals surface area contributed by atoms with E-state index in [1.807, 2.05) is 13.8 Å². The summed E-state index contributed by atoms with van der Waals surface area (Å²) in [7, 11) is -1.40. The van der Waals surface area contributed by atoms with E-state index in [0.29, 0.717) is 23.0 Å². The summed E-state index contributed by atoms with van der Waals surface area (Å²) in [5.74, 6) is -0.0699. The number of carbonyl (C=O) groups is 1. The molecular formula is C20H23Cl2N3O3S. The first-order chi connectivity index (χ1) is 13.6. The Hall–Kier alpha value is -1.83. The molecule has 0 N–H and O–H groups in total. The zero-order valence-corrected chi connectivity index (χ0v) is 18.9. The number of likely N-dealkylation sites (N-methyl/N-ethyl adjacent to an activating group) is 1. The lowest BCUT2D eigenvalue weighted by Gasteiger charge is -2.21. The van der Waals surface area contributed by atoms with Gasteiger partial charge in [0, 0.05) is 46.0 Å². The van der Waals surface area contributed by atoms with Gasteiger partial charge < -0.3 is 4.90 Å². The highest BCUT2D eigenvalue weighted by Gasteiger charge is 2.32. The summed E-state index contributed by atoms with van der Waals surface area (Å²) in [4.78, 5) is 14.0. The molecule has 1 saturated heterocycles. The minimum absolute atomic E-state index is 0.0255. The number of sulfone groups is 1. The maximum absolute atomic E-state index is 12.5. The van der Waals surface area contributed by atoms with Gasteiger partial charge in [-0.2, -0.15) is 5.10 Å². The molecule has 0 radical (unpaired) electrons. The van der Waals surface area contributed by atoms with Gasteiger partial charge in [-0.3, -0.25) is 9.48 Å². The van der Waals surface area contributed by atoms with Crippen molar-refractivity contribution in [3.05, 3.63) is 56.8 Å². The summed E-state index contributed by atoms with van der Waals surface area (Å²) in [5, 5.41) is 5.70. The van der Waals surface area contributed by atoms with Crippen molar-refractivity contribution in [2.24, 2.45) is 0 Å². The van der Waals surface area contributed by atoms with Gasteiger partial charge >= 0.3 is 0 Å². The number of hydrogen-bond acceptors (Lipinski definition) is 4. The number of carbonyl (C=O) groups excluding carboxylic acids is 1. The Morgan fingerprint density at radius 1 is 1.31 bits per heavy atom. The van der Waals surface area contributed by atoms with E-state index in [2.05, 4.69) is 5.10 Å². The Bertz CT molecular complexity index is 1060. The standard InChI is InChI=1S/C20H23Cl2N3O3S/c1-13-16(7-8-20(26)24(3)15-9-10-29(27,28)12-15)14(2)25(23-13)11-17-18(21)5-4-6-19(17)22/h4-8,15H,9-12H2,1-3H3/b8-7+/t15-/m0/s1. The number of benzene rings is 1. The lowest BCUT2D eigenvalue weighted by atomic mass is 10.1. The lowest BCUT2D eigenvalue weighted by molar-refractivity contribution is -0.126. The second-order valence-corrected chi connectivity index (χ2v) is 10.3. The Morgan fingerprint density at radius 2 is 1.97 bits per heavy atom. The van der Waals surface area contributed by atoms with Crippen molar-refractivity contribution in [1.82, 2.24) is 14.7 Å². The fraction of sp³-hybridized carbons (Fsp3) is 0.400. The quantitative estimate of drug-likeness (QED) is 0.646. The van der Waals surface area contributed by atoms with E-state index in [0.717, 1.165) is 22.5 Å². The summed E-state index contributed by atoms with van der Waals surface area (Å²) in [6.07, 6.45) is 3.67. The minimum Gasteiger partial charge on any atom is -0.338 e. The maximum Gasteiger partial charge on any atom is 0.246 e. The predicted octanol–water partition coefficient (Wildman–Crippen LogP) is 3.51. The van der Waals surface area contributed by atoms with Gasteiger partial charge in [-0.05, 0) is 38.5 Å². The van der Waals surface area contributed by atoms with Crippen molar-refractivity contribution >= 4 is 45.0 Å². The molecule has 156 valence electrons. The van der Waals surface area contributed by atoms with Crippen LogP contribution in [0.25, 0.3) is 6.08 Å². The molecule has 1 fully saturated rings.